The van der Waals surface area contributed by atoms with Crippen LogP contribution in [-0.4, -0.2) is 6.54 Å². The van der Waals surface area contributed by atoms with E-state index in [0.29, 0.717) is 6.04 Å². The predicted octanol–water partition coefficient (Wildman–Crippen LogP) is 5.09. The molecule has 108 valence electrons. The smallest absolute Gasteiger partial charge is 0.0681 e. The van der Waals surface area contributed by atoms with Crippen molar-refractivity contribution in [2.45, 2.75) is 52.0 Å². The fraction of sp³-hybridized carbons (Fsp3) is 0.529. The molecule has 0 saturated heterocycles. The SMILES string of the molecule is CCCNC(c1cc2c(s1)CCCC2)c1ccsc1C. The molecule has 3 rings (SSSR count). The molecule has 1 aliphatic carbocycles. The van der Waals surface area contributed by atoms with Gasteiger partial charge in [0.2, 0.25) is 0 Å². The molecule has 1 unspecified atom stereocenters. The minimum Gasteiger partial charge on any atom is -0.306 e. The van der Waals surface area contributed by atoms with E-state index in [1.165, 1.54) is 47.4 Å². The minimum absolute atomic E-state index is 0.400. The van der Waals surface area contributed by atoms with E-state index in [9.17, 15) is 0 Å². The van der Waals surface area contributed by atoms with Crippen LogP contribution in [0.15, 0.2) is 17.5 Å². The minimum atomic E-state index is 0.400. The summed E-state index contributed by atoms with van der Waals surface area (Å²) >= 11 is 3.90. The van der Waals surface area contributed by atoms with Gasteiger partial charge in [-0.2, -0.15) is 0 Å². The number of fused-ring (bicyclic) bond motifs is 1. The molecule has 0 amide bonds. The molecule has 0 bridgehead atoms. The summed E-state index contributed by atoms with van der Waals surface area (Å²) in [5.74, 6) is 0. The van der Waals surface area contributed by atoms with Gasteiger partial charge in [0.05, 0.1) is 6.04 Å². The van der Waals surface area contributed by atoms with Crippen LogP contribution in [-0.2, 0) is 12.8 Å². The van der Waals surface area contributed by atoms with Gasteiger partial charge in [0, 0.05) is 14.6 Å². The third kappa shape index (κ3) is 2.85. The Morgan fingerprint density at radius 2 is 2.15 bits per heavy atom. The highest BCUT2D eigenvalue weighted by atomic mass is 32.1. The second-order valence-electron chi connectivity index (χ2n) is 5.62. The summed E-state index contributed by atoms with van der Waals surface area (Å²) in [6.07, 6.45) is 6.51. The van der Waals surface area contributed by atoms with E-state index < -0.39 is 0 Å². The average molecular weight is 306 g/mol. The first-order valence-corrected chi connectivity index (χ1v) is 9.38. The van der Waals surface area contributed by atoms with Crippen molar-refractivity contribution < 1.29 is 0 Å². The maximum absolute atomic E-state index is 3.76. The molecule has 0 aliphatic heterocycles. The molecule has 1 atom stereocenters. The van der Waals surface area contributed by atoms with Crippen LogP contribution in [0.25, 0.3) is 0 Å². The monoisotopic (exact) mass is 305 g/mol. The lowest BCUT2D eigenvalue weighted by Gasteiger charge is -2.17. The first-order valence-electron chi connectivity index (χ1n) is 7.68. The number of rotatable bonds is 5. The standard InChI is InChI=1S/C17H23NS2/c1-3-9-18-17(14-8-10-19-12(14)2)16-11-13-6-4-5-7-15(13)20-16/h8,10-11,17-18H,3-7,9H2,1-2H3. The quantitative estimate of drug-likeness (QED) is 0.811. The second-order valence-corrected chi connectivity index (χ2v) is 7.91. The molecule has 0 radical (unpaired) electrons. The zero-order chi connectivity index (χ0) is 13.9. The summed E-state index contributed by atoms with van der Waals surface area (Å²) in [5.41, 5.74) is 3.09. The maximum Gasteiger partial charge on any atom is 0.0681 e. The molecule has 1 N–H and O–H groups in total. The zero-order valence-corrected chi connectivity index (χ0v) is 14.0. The first kappa shape index (κ1) is 14.3. The first-order chi connectivity index (χ1) is 9.79. The Kier molecular flexibility index (Phi) is 4.59. The normalized spacial score (nSPS) is 16.1. The lowest BCUT2D eigenvalue weighted by molar-refractivity contribution is 0.605. The number of nitrogens with one attached hydrogen (secondary N) is 1. The van der Waals surface area contributed by atoms with Crippen molar-refractivity contribution in [1.82, 2.24) is 5.32 Å². The van der Waals surface area contributed by atoms with Gasteiger partial charge in [-0.1, -0.05) is 6.92 Å². The summed E-state index contributed by atoms with van der Waals surface area (Å²) in [5, 5.41) is 5.98. The van der Waals surface area contributed by atoms with Gasteiger partial charge >= 0.3 is 0 Å². The number of aryl methyl sites for hydroxylation is 3. The molecule has 3 heteroatoms. The zero-order valence-electron chi connectivity index (χ0n) is 12.4. The van der Waals surface area contributed by atoms with Crippen molar-refractivity contribution in [3.05, 3.63) is 43.3 Å². The third-order valence-corrected chi connectivity index (χ3v) is 6.27. The Balaban J connectivity index is 1.92. The third-order valence-electron chi connectivity index (χ3n) is 4.11. The van der Waals surface area contributed by atoms with Crippen LogP contribution in [0.5, 0.6) is 0 Å². The highest BCUT2D eigenvalue weighted by Crippen LogP contribution is 2.37. The molecule has 1 nitrogen and oxygen atoms in total. The lowest BCUT2D eigenvalue weighted by Crippen LogP contribution is -2.22. The molecule has 1 aliphatic rings. The molecule has 2 aromatic heterocycles. The Bertz CT molecular complexity index is 544. The van der Waals surface area contributed by atoms with Gasteiger partial charge < -0.3 is 5.32 Å². The largest absolute Gasteiger partial charge is 0.306 e. The number of hydrogen-bond donors (Lipinski definition) is 1. The van der Waals surface area contributed by atoms with Crippen LogP contribution >= 0.6 is 22.7 Å². The second kappa shape index (κ2) is 6.42. The van der Waals surface area contributed by atoms with E-state index in [1.54, 1.807) is 10.4 Å². The van der Waals surface area contributed by atoms with E-state index in [-0.39, 0.29) is 0 Å². The van der Waals surface area contributed by atoms with Crippen molar-refractivity contribution in [2.75, 3.05) is 6.54 Å². The highest BCUT2D eigenvalue weighted by Gasteiger charge is 2.21. The topological polar surface area (TPSA) is 12.0 Å². The average Bonchev–Trinajstić information content (AvgIpc) is 3.06. The van der Waals surface area contributed by atoms with Crippen molar-refractivity contribution in [1.29, 1.82) is 0 Å². The number of thiophene rings is 2. The van der Waals surface area contributed by atoms with Crippen molar-refractivity contribution >= 4 is 22.7 Å². The van der Waals surface area contributed by atoms with Gasteiger partial charge in [-0.25, -0.2) is 0 Å². The molecular formula is C17H23NS2. The van der Waals surface area contributed by atoms with Gasteiger partial charge in [0.15, 0.2) is 0 Å². The van der Waals surface area contributed by atoms with Gasteiger partial charge in [-0.15, -0.1) is 22.7 Å². The summed E-state index contributed by atoms with van der Waals surface area (Å²) in [4.78, 5) is 4.61. The van der Waals surface area contributed by atoms with Crippen LogP contribution in [0, 0.1) is 6.92 Å². The molecule has 2 heterocycles. The van der Waals surface area contributed by atoms with E-state index in [4.69, 9.17) is 0 Å². The van der Waals surface area contributed by atoms with Crippen molar-refractivity contribution in [2.24, 2.45) is 0 Å². The summed E-state index contributed by atoms with van der Waals surface area (Å²) < 4.78 is 0. The van der Waals surface area contributed by atoms with Gasteiger partial charge in [0.25, 0.3) is 0 Å². The van der Waals surface area contributed by atoms with Gasteiger partial charge in [-0.3, -0.25) is 0 Å². The van der Waals surface area contributed by atoms with E-state index in [1.807, 2.05) is 22.7 Å². The highest BCUT2D eigenvalue weighted by molar-refractivity contribution is 7.12. The summed E-state index contributed by atoms with van der Waals surface area (Å²) in [6.45, 7) is 5.57. The van der Waals surface area contributed by atoms with Crippen molar-refractivity contribution in [3.63, 3.8) is 0 Å². The van der Waals surface area contributed by atoms with Gasteiger partial charge in [-0.05, 0) is 74.2 Å². The maximum atomic E-state index is 3.76. The van der Waals surface area contributed by atoms with E-state index >= 15 is 0 Å². The Hall–Kier alpha value is -0.640. The fourth-order valence-electron chi connectivity index (χ4n) is 3.00. The van der Waals surface area contributed by atoms with Crippen molar-refractivity contribution in [3.8, 4) is 0 Å². The van der Waals surface area contributed by atoms with Crippen LogP contribution in [0.4, 0.5) is 0 Å². The summed E-state index contributed by atoms with van der Waals surface area (Å²) in [6, 6.07) is 5.17. The molecule has 20 heavy (non-hydrogen) atoms. The van der Waals surface area contributed by atoms with E-state index in [2.05, 4.69) is 36.7 Å². The summed E-state index contributed by atoms with van der Waals surface area (Å²) in [7, 11) is 0. The van der Waals surface area contributed by atoms with Crippen LogP contribution in [0.2, 0.25) is 0 Å². The van der Waals surface area contributed by atoms with Gasteiger partial charge in [0.1, 0.15) is 0 Å². The molecule has 2 aromatic rings. The van der Waals surface area contributed by atoms with Crippen LogP contribution in [0.3, 0.4) is 0 Å². The molecule has 0 spiro atoms. The Morgan fingerprint density at radius 1 is 1.30 bits per heavy atom. The molecule has 0 saturated carbocycles. The Labute approximate surface area is 130 Å². The predicted molar refractivity (Wildman–Crippen MR) is 90.2 cm³/mol. The number of hydrogen-bond acceptors (Lipinski definition) is 3. The van der Waals surface area contributed by atoms with Crippen LogP contribution in [0.1, 0.15) is 58.0 Å². The Morgan fingerprint density at radius 3 is 2.85 bits per heavy atom. The fourth-order valence-corrected chi connectivity index (χ4v) is 5.10. The molecule has 0 aromatic carbocycles. The molecule has 0 fully saturated rings. The lowest BCUT2D eigenvalue weighted by atomic mass is 9.98. The van der Waals surface area contributed by atoms with Crippen LogP contribution < -0.4 is 5.32 Å². The van der Waals surface area contributed by atoms with E-state index in [0.717, 1.165) is 6.54 Å². The molecular weight excluding hydrogens is 282 g/mol.